The number of rotatable bonds is 1. The zero-order valence-corrected chi connectivity index (χ0v) is 14.2. The number of H-pyrrole nitrogens is 1. The number of nitrogens with one attached hydrogen (secondary N) is 1. The summed E-state index contributed by atoms with van der Waals surface area (Å²) in [6.45, 7) is 0.525. The highest BCUT2D eigenvalue weighted by molar-refractivity contribution is 7.92. The highest BCUT2D eigenvalue weighted by Gasteiger charge is 2.49. The van der Waals surface area contributed by atoms with Gasteiger partial charge in [-0.05, 0) is 25.0 Å². The van der Waals surface area contributed by atoms with Crippen LogP contribution >= 0.6 is 0 Å². The standard InChI is InChI=1S/C16H20N4O3S/c21-15(13-5-4-12-14(19-13)18-11-17-12)20-8-9-24(22,23)16(10-20)6-2-1-3-7-16/h4-5,11H,1-3,6-10H2,(H,17,18,19). The number of pyridine rings is 1. The molecule has 4 rings (SSSR count). The van der Waals surface area contributed by atoms with Crippen LogP contribution in [0.1, 0.15) is 42.6 Å². The Balaban J connectivity index is 1.63. The topological polar surface area (TPSA) is 96.0 Å². The van der Waals surface area contributed by atoms with Gasteiger partial charge in [-0.15, -0.1) is 0 Å². The van der Waals surface area contributed by atoms with E-state index >= 15 is 0 Å². The maximum absolute atomic E-state index is 12.8. The fourth-order valence-corrected chi connectivity index (χ4v) is 6.07. The molecule has 128 valence electrons. The van der Waals surface area contributed by atoms with Gasteiger partial charge in [-0.25, -0.2) is 18.4 Å². The summed E-state index contributed by atoms with van der Waals surface area (Å²) in [6, 6.07) is 3.44. The van der Waals surface area contributed by atoms with E-state index in [1.54, 1.807) is 17.0 Å². The minimum Gasteiger partial charge on any atom is -0.343 e. The molecule has 2 aliphatic rings. The first-order chi connectivity index (χ1) is 11.5. The Kier molecular flexibility index (Phi) is 3.59. The number of imidazole rings is 1. The third-order valence-corrected chi connectivity index (χ3v) is 7.90. The molecule has 3 heterocycles. The van der Waals surface area contributed by atoms with Crippen LogP contribution in [-0.4, -0.2) is 57.8 Å². The molecule has 1 saturated heterocycles. The summed E-state index contributed by atoms with van der Waals surface area (Å²) < 4.78 is 24.5. The smallest absolute Gasteiger partial charge is 0.272 e. The molecule has 0 unspecified atom stereocenters. The van der Waals surface area contributed by atoms with Crippen molar-refractivity contribution >= 4 is 26.9 Å². The lowest BCUT2D eigenvalue weighted by Crippen LogP contribution is -2.58. The summed E-state index contributed by atoms with van der Waals surface area (Å²) in [5.74, 6) is -0.164. The molecule has 7 nitrogen and oxygen atoms in total. The highest BCUT2D eigenvalue weighted by Crippen LogP contribution is 2.39. The molecule has 2 aromatic rings. The second kappa shape index (κ2) is 5.54. The predicted octanol–water partition coefficient (Wildman–Crippen LogP) is 1.53. The maximum Gasteiger partial charge on any atom is 0.272 e. The van der Waals surface area contributed by atoms with Gasteiger partial charge in [0.2, 0.25) is 0 Å². The molecule has 2 aromatic heterocycles. The fraction of sp³-hybridized carbons (Fsp3) is 0.562. The second-order valence-electron chi connectivity index (χ2n) is 6.76. The van der Waals surface area contributed by atoms with Gasteiger partial charge in [-0.2, -0.15) is 0 Å². The van der Waals surface area contributed by atoms with Crippen LogP contribution in [0.2, 0.25) is 0 Å². The number of hydrogen-bond acceptors (Lipinski definition) is 5. The van der Waals surface area contributed by atoms with E-state index in [0.717, 1.165) is 24.8 Å². The first-order valence-electron chi connectivity index (χ1n) is 8.33. The summed E-state index contributed by atoms with van der Waals surface area (Å²) in [4.78, 5) is 25.8. The summed E-state index contributed by atoms with van der Waals surface area (Å²) in [5, 5.41) is 0. The minimum absolute atomic E-state index is 0.0450. The number of nitrogens with zero attached hydrogens (tertiary/aromatic N) is 3. The average Bonchev–Trinajstić information content (AvgIpc) is 3.05. The molecule has 1 amide bonds. The monoisotopic (exact) mass is 348 g/mol. The van der Waals surface area contributed by atoms with E-state index in [9.17, 15) is 13.2 Å². The molecule has 0 aromatic carbocycles. The summed E-state index contributed by atoms with van der Waals surface area (Å²) in [7, 11) is -3.15. The van der Waals surface area contributed by atoms with Gasteiger partial charge in [-0.1, -0.05) is 19.3 Å². The van der Waals surface area contributed by atoms with Crippen molar-refractivity contribution in [2.45, 2.75) is 36.9 Å². The van der Waals surface area contributed by atoms with Crippen molar-refractivity contribution in [3.8, 4) is 0 Å². The predicted molar refractivity (Wildman–Crippen MR) is 89.4 cm³/mol. The van der Waals surface area contributed by atoms with Gasteiger partial charge in [0.1, 0.15) is 5.69 Å². The zero-order valence-electron chi connectivity index (χ0n) is 13.4. The van der Waals surface area contributed by atoms with Crippen molar-refractivity contribution in [1.82, 2.24) is 19.9 Å². The van der Waals surface area contributed by atoms with E-state index in [-0.39, 0.29) is 24.7 Å². The molecular formula is C16H20N4O3S. The van der Waals surface area contributed by atoms with E-state index in [4.69, 9.17) is 0 Å². The lowest BCUT2D eigenvalue weighted by Gasteiger charge is -2.44. The van der Waals surface area contributed by atoms with Crippen LogP contribution < -0.4 is 0 Å². The summed E-state index contributed by atoms with van der Waals surface area (Å²) in [5.41, 5.74) is 1.59. The molecule has 2 fully saturated rings. The SMILES string of the molecule is O=C(c1ccc2[nH]cnc2n1)N1CCS(=O)(=O)C2(CCCCC2)C1. The number of fused-ring (bicyclic) bond motifs is 1. The minimum atomic E-state index is -3.15. The van der Waals surface area contributed by atoms with Gasteiger partial charge in [-0.3, -0.25) is 4.79 Å². The maximum atomic E-state index is 12.8. The molecule has 0 atom stereocenters. The van der Waals surface area contributed by atoms with Crippen molar-refractivity contribution in [2.75, 3.05) is 18.8 Å². The van der Waals surface area contributed by atoms with E-state index in [2.05, 4.69) is 15.0 Å². The second-order valence-corrected chi connectivity index (χ2v) is 9.26. The third kappa shape index (κ3) is 2.40. The van der Waals surface area contributed by atoms with Gasteiger partial charge < -0.3 is 9.88 Å². The molecular weight excluding hydrogens is 328 g/mol. The van der Waals surface area contributed by atoms with Crippen LogP contribution in [-0.2, 0) is 9.84 Å². The Morgan fingerprint density at radius 1 is 1.21 bits per heavy atom. The number of hydrogen-bond donors (Lipinski definition) is 1. The normalized spacial score (nSPS) is 22.8. The first-order valence-corrected chi connectivity index (χ1v) is 9.98. The van der Waals surface area contributed by atoms with Gasteiger partial charge in [0.25, 0.3) is 5.91 Å². The lowest BCUT2D eigenvalue weighted by molar-refractivity contribution is 0.0717. The zero-order chi connectivity index (χ0) is 16.8. The molecule has 1 aliphatic carbocycles. The molecule has 8 heteroatoms. The summed E-state index contributed by atoms with van der Waals surface area (Å²) in [6.07, 6.45) is 5.76. The van der Waals surface area contributed by atoms with Crippen LogP contribution in [0.25, 0.3) is 11.2 Å². The Morgan fingerprint density at radius 3 is 2.79 bits per heavy atom. The molecule has 0 bridgehead atoms. The molecule has 1 spiro atoms. The Labute approximate surface area is 140 Å². The van der Waals surface area contributed by atoms with Crippen LogP contribution in [0, 0.1) is 0 Å². The highest BCUT2D eigenvalue weighted by atomic mass is 32.2. The van der Waals surface area contributed by atoms with Crippen LogP contribution in [0.3, 0.4) is 0 Å². The van der Waals surface area contributed by atoms with E-state index in [1.165, 1.54) is 6.33 Å². The Morgan fingerprint density at radius 2 is 2.00 bits per heavy atom. The van der Waals surface area contributed by atoms with Crippen molar-refractivity contribution in [2.24, 2.45) is 0 Å². The Hall–Kier alpha value is -1.96. The molecule has 1 aliphatic heterocycles. The lowest BCUT2D eigenvalue weighted by atomic mass is 9.87. The van der Waals surface area contributed by atoms with E-state index in [1.807, 2.05) is 0 Å². The number of sulfone groups is 1. The van der Waals surface area contributed by atoms with Crippen molar-refractivity contribution in [1.29, 1.82) is 0 Å². The largest absolute Gasteiger partial charge is 0.343 e. The molecule has 24 heavy (non-hydrogen) atoms. The molecule has 1 N–H and O–H groups in total. The molecule has 0 radical (unpaired) electrons. The van der Waals surface area contributed by atoms with Gasteiger partial charge in [0.15, 0.2) is 15.5 Å². The summed E-state index contributed by atoms with van der Waals surface area (Å²) >= 11 is 0. The quantitative estimate of drug-likeness (QED) is 0.843. The van der Waals surface area contributed by atoms with Crippen LogP contribution in [0.5, 0.6) is 0 Å². The number of aromatic amines is 1. The number of carbonyl (C=O) groups is 1. The van der Waals surface area contributed by atoms with Crippen LogP contribution in [0.4, 0.5) is 0 Å². The number of aromatic nitrogens is 3. The third-order valence-electron chi connectivity index (χ3n) is 5.32. The van der Waals surface area contributed by atoms with Crippen molar-refractivity contribution < 1.29 is 13.2 Å². The number of carbonyl (C=O) groups excluding carboxylic acids is 1. The van der Waals surface area contributed by atoms with Crippen molar-refractivity contribution in [3.05, 3.63) is 24.2 Å². The number of amides is 1. The average molecular weight is 348 g/mol. The van der Waals surface area contributed by atoms with Gasteiger partial charge in [0, 0.05) is 13.1 Å². The van der Waals surface area contributed by atoms with Gasteiger partial charge >= 0.3 is 0 Å². The van der Waals surface area contributed by atoms with Crippen molar-refractivity contribution in [3.63, 3.8) is 0 Å². The molecule has 1 saturated carbocycles. The Bertz CT molecular complexity index is 884. The van der Waals surface area contributed by atoms with E-state index < -0.39 is 14.6 Å². The van der Waals surface area contributed by atoms with Crippen LogP contribution in [0.15, 0.2) is 18.5 Å². The fourth-order valence-electron chi connectivity index (χ4n) is 3.91. The van der Waals surface area contributed by atoms with Gasteiger partial charge in [0.05, 0.1) is 22.3 Å². The van der Waals surface area contributed by atoms with E-state index in [0.29, 0.717) is 24.2 Å². The first kappa shape index (κ1) is 15.6.